The minimum absolute atomic E-state index is 0.0365. The van der Waals surface area contributed by atoms with Crippen molar-refractivity contribution in [2.24, 2.45) is 5.92 Å². The maximum Gasteiger partial charge on any atom is 0.326 e. The number of aliphatic hydroxyl groups is 2. The molecular formula is C12H20N2O5. The van der Waals surface area contributed by atoms with Crippen LogP contribution in [0.1, 0.15) is 19.3 Å². The highest BCUT2D eigenvalue weighted by molar-refractivity contribution is 5.83. The lowest BCUT2D eigenvalue weighted by atomic mass is 9.99. The number of urea groups is 1. The van der Waals surface area contributed by atoms with Crippen molar-refractivity contribution in [1.29, 1.82) is 0 Å². The molecule has 19 heavy (non-hydrogen) atoms. The van der Waals surface area contributed by atoms with Crippen molar-refractivity contribution < 1.29 is 24.9 Å². The first-order valence-corrected chi connectivity index (χ1v) is 6.60. The lowest BCUT2D eigenvalue weighted by molar-refractivity contribution is -0.141. The number of carboxylic acid groups (broad SMARTS) is 1. The minimum atomic E-state index is -1.08. The summed E-state index contributed by atoms with van der Waals surface area (Å²) in [5.74, 6) is -1.02. The number of nitrogens with zero attached hydrogens (tertiary/aromatic N) is 2. The molecule has 2 heterocycles. The van der Waals surface area contributed by atoms with Crippen LogP contribution in [0.2, 0.25) is 0 Å². The number of aliphatic hydroxyl groups excluding tert-OH is 2. The Bertz CT molecular complexity index is 362. The third kappa shape index (κ3) is 2.98. The highest BCUT2D eigenvalue weighted by Gasteiger charge is 2.41. The third-order valence-corrected chi connectivity index (χ3v) is 3.86. The summed E-state index contributed by atoms with van der Waals surface area (Å²) < 4.78 is 0. The Balaban J connectivity index is 2.03. The average Bonchev–Trinajstić information content (AvgIpc) is 2.80. The molecule has 0 spiro atoms. The third-order valence-electron chi connectivity index (χ3n) is 3.86. The van der Waals surface area contributed by atoms with Crippen LogP contribution < -0.4 is 0 Å². The summed E-state index contributed by atoms with van der Waals surface area (Å²) in [5, 5.41) is 27.8. The molecule has 2 fully saturated rings. The number of carbonyl (C=O) groups is 2. The first-order chi connectivity index (χ1) is 9.02. The minimum Gasteiger partial charge on any atom is -0.480 e. The first-order valence-electron chi connectivity index (χ1n) is 6.60. The molecule has 2 aliphatic rings. The topological polar surface area (TPSA) is 101 Å². The van der Waals surface area contributed by atoms with Gasteiger partial charge >= 0.3 is 12.0 Å². The van der Waals surface area contributed by atoms with Crippen molar-refractivity contribution in [3.63, 3.8) is 0 Å². The molecule has 1 unspecified atom stereocenters. The lowest BCUT2D eigenvalue weighted by Crippen LogP contribution is -2.51. The van der Waals surface area contributed by atoms with Crippen LogP contribution >= 0.6 is 0 Å². The Morgan fingerprint density at radius 3 is 2.63 bits per heavy atom. The summed E-state index contributed by atoms with van der Waals surface area (Å²) in [7, 11) is 0. The van der Waals surface area contributed by atoms with Gasteiger partial charge in [-0.05, 0) is 18.8 Å². The summed E-state index contributed by atoms with van der Waals surface area (Å²) >= 11 is 0. The van der Waals surface area contributed by atoms with Crippen LogP contribution in [0.4, 0.5) is 4.79 Å². The fourth-order valence-corrected chi connectivity index (χ4v) is 2.83. The molecule has 0 aromatic rings. The molecule has 3 N–H and O–H groups in total. The zero-order valence-corrected chi connectivity index (χ0v) is 10.7. The lowest BCUT2D eigenvalue weighted by Gasteiger charge is -2.35. The summed E-state index contributed by atoms with van der Waals surface area (Å²) in [6.07, 6.45) is 0.998. The van der Waals surface area contributed by atoms with Crippen molar-refractivity contribution in [3.8, 4) is 0 Å². The van der Waals surface area contributed by atoms with Gasteiger partial charge in [-0.25, -0.2) is 9.59 Å². The maximum absolute atomic E-state index is 12.3. The zero-order chi connectivity index (χ0) is 14.0. The summed E-state index contributed by atoms with van der Waals surface area (Å²) in [4.78, 5) is 26.2. The summed E-state index contributed by atoms with van der Waals surface area (Å²) in [6.45, 7) is 1.13. The molecule has 2 aliphatic heterocycles. The van der Waals surface area contributed by atoms with Crippen LogP contribution in [0.3, 0.4) is 0 Å². The molecule has 7 nitrogen and oxygen atoms in total. The molecule has 0 bridgehead atoms. The fourth-order valence-electron chi connectivity index (χ4n) is 2.83. The van der Waals surface area contributed by atoms with Crippen LogP contribution in [-0.2, 0) is 4.79 Å². The van der Waals surface area contributed by atoms with Gasteiger partial charge in [-0.2, -0.15) is 0 Å². The Morgan fingerprint density at radius 2 is 2.00 bits per heavy atom. The van der Waals surface area contributed by atoms with Crippen molar-refractivity contribution in [2.75, 3.05) is 26.2 Å². The Kier molecular flexibility index (Phi) is 4.26. The van der Waals surface area contributed by atoms with Crippen LogP contribution in [0.25, 0.3) is 0 Å². The van der Waals surface area contributed by atoms with Gasteiger partial charge in [0.2, 0.25) is 0 Å². The van der Waals surface area contributed by atoms with Gasteiger partial charge in [-0.15, -0.1) is 0 Å². The average molecular weight is 272 g/mol. The molecule has 0 saturated carbocycles. The van der Waals surface area contributed by atoms with E-state index in [2.05, 4.69) is 0 Å². The number of β-amino-alcohol motifs (C(OH)–C–C–N with tert-alkyl or cyclic N) is 1. The predicted octanol–water partition coefficient (Wildman–Crippen LogP) is -0.669. The van der Waals surface area contributed by atoms with E-state index in [0.717, 1.165) is 12.8 Å². The maximum atomic E-state index is 12.3. The molecule has 108 valence electrons. The van der Waals surface area contributed by atoms with Crippen molar-refractivity contribution in [2.45, 2.75) is 31.4 Å². The molecule has 2 saturated heterocycles. The zero-order valence-electron chi connectivity index (χ0n) is 10.7. The van der Waals surface area contributed by atoms with Gasteiger partial charge in [0.15, 0.2) is 0 Å². The fraction of sp³-hybridized carbons (Fsp3) is 0.833. The molecule has 3 atom stereocenters. The van der Waals surface area contributed by atoms with Gasteiger partial charge in [0.25, 0.3) is 0 Å². The Hall–Kier alpha value is -1.34. The molecule has 2 amide bonds. The number of carbonyl (C=O) groups excluding carboxylic acids is 1. The van der Waals surface area contributed by atoms with Crippen LogP contribution in [0, 0.1) is 5.92 Å². The second kappa shape index (κ2) is 5.75. The van der Waals surface area contributed by atoms with E-state index in [-0.39, 0.29) is 31.5 Å². The van der Waals surface area contributed by atoms with Gasteiger partial charge in [0, 0.05) is 32.7 Å². The molecule has 2 rings (SSSR count). The monoisotopic (exact) mass is 272 g/mol. The number of aliphatic carboxylic acids is 1. The van der Waals surface area contributed by atoms with Crippen molar-refractivity contribution in [1.82, 2.24) is 9.80 Å². The number of amides is 2. The molecule has 0 aliphatic carbocycles. The van der Waals surface area contributed by atoms with Crippen LogP contribution in [0.5, 0.6) is 0 Å². The molecule has 7 heteroatoms. The van der Waals surface area contributed by atoms with E-state index >= 15 is 0 Å². The highest BCUT2D eigenvalue weighted by atomic mass is 16.4. The van der Waals surface area contributed by atoms with E-state index in [1.807, 2.05) is 0 Å². The second-order valence-corrected chi connectivity index (χ2v) is 5.32. The van der Waals surface area contributed by atoms with Crippen molar-refractivity contribution in [3.05, 3.63) is 0 Å². The van der Waals surface area contributed by atoms with Gasteiger partial charge in [-0.3, -0.25) is 0 Å². The van der Waals surface area contributed by atoms with E-state index in [4.69, 9.17) is 10.2 Å². The largest absolute Gasteiger partial charge is 0.480 e. The van der Waals surface area contributed by atoms with E-state index in [1.165, 1.54) is 4.90 Å². The number of hydrogen-bond donors (Lipinski definition) is 3. The van der Waals surface area contributed by atoms with Gasteiger partial charge < -0.3 is 25.1 Å². The van der Waals surface area contributed by atoms with Crippen molar-refractivity contribution >= 4 is 12.0 Å². The number of hydrogen-bond acceptors (Lipinski definition) is 4. The number of rotatable bonds is 2. The van der Waals surface area contributed by atoms with E-state index < -0.39 is 18.1 Å². The Morgan fingerprint density at radius 1 is 1.26 bits per heavy atom. The SMILES string of the molecule is O=C(O)[C@@H]1C[C@@H](O)CN1C(=O)N1CCCC(CO)C1. The summed E-state index contributed by atoms with van der Waals surface area (Å²) in [6, 6.07) is -1.29. The highest BCUT2D eigenvalue weighted by Crippen LogP contribution is 2.23. The second-order valence-electron chi connectivity index (χ2n) is 5.32. The quantitative estimate of drug-likeness (QED) is 0.619. The molecule has 0 aromatic carbocycles. The smallest absolute Gasteiger partial charge is 0.326 e. The first kappa shape index (κ1) is 14.1. The van der Waals surface area contributed by atoms with Gasteiger partial charge in [0.05, 0.1) is 6.10 Å². The van der Waals surface area contributed by atoms with Gasteiger partial charge in [-0.1, -0.05) is 0 Å². The van der Waals surface area contributed by atoms with E-state index in [9.17, 15) is 14.7 Å². The van der Waals surface area contributed by atoms with Crippen LogP contribution in [0.15, 0.2) is 0 Å². The normalized spacial score (nSPS) is 31.6. The molecule has 0 radical (unpaired) electrons. The number of carboxylic acids is 1. The molecule has 0 aromatic heterocycles. The predicted molar refractivity (Wildman–Crippen MR) is 65.5 cm³/mol. The molecular weight excluding hydrogens is 252 g/mol. The number of piperidine rings is 1. The van der Waals surface area contributed by atoms with Gasteiger partial charge in [0.1, 0.15) is 6.04 Å². The standard InChI is InChI=1S/C12H20N2O5/c15-7-8-2-1-3-13(5-8)12(19)14-6-9(16)4-10(14)11(17)18/h8-10,15-16H,1-7H2,(H,17,18)/t8?,9-,10+/m1/s1. The van der Waals surface area contributed by atoms with Crippen LogP contribution in [-0.4, -0.2) is 75.5 Å². The van der Waals surface area contributed by atoms with E-state index in [0.29, 0.717) is 13.1 Å². The number of likely N-dealkylation sites (tertiary alicyclic amines) is 2. The Labute approximate surface area is 111 Å². The van der Waals surface area contributed by atoms with E-state index in [1.54, 1.807) is 4.90 Å². The summed E-state index contributed by atoms with van der Waals surface area (Å²) in [5.41, 5.74) is 0.